The molecule has 0 spiro atoms. The fraction of sp³-hybridized carbons (Fsp3) is 0.625. The third-order valence-corrected chi connectivity index (χ3v) is 4.72. The lowest BCUT2D eigenvalue weighted by Crippen LogP contribution is -2.48. The molecule has 2 N–H and O–H groups in total. The van der Waals surface area contributed by atoms with Gasteiger partial charge in [-0.15, -0.1) is 0 Å². The number of likely N-dealkylation sites (tertiary alicyclic amines) is 1. The van der Waals surface area contributed by atoms with Crippen molar-refractivity contribution in [1.82, 2.24) is 4.90 Å². The van der Waals surface area contributed by atoms with E-state index in [1.807, 2.05) is 0 Å². The Hall–Kier alpha value is -1.06. The number of ether oxygens (including phenoxy) is 1. The molecule has 3 rings (SSSR count). The smallest absolute Gasteiger partial charge is 0.124 e. The van der Waals surface area contributed by atoms with Crippen LogP contribution in [0.5, 0.6) is 5.75 Å². The van der Waals surface area contributed by atoms with Crippen LogP contribution in [0.3, 0.4) is 0 Å². The lowest BCUT2D eigenvalue weighted by atomic mass is 9.88. The number of hydrogen-bond donors (Lipinski definition) is 1. The first-order valence-electron chi connectivity index (χ1n) is 7.51. The number of fused-ring (bicyclic) bond motifs is 1. The second kappa shape index (κ2) is 5.51. The average Bonchev–Trinajstić information content (AvgIpc) is 2.47. The molecule has 1 fully saturated rings. The van der Waals surface area contributed by atoms with E-state index in [9.17, 15) is 0 Å². The number of piperidine rings is 1. The average molecular weight is 260 g/mol. The van der Waals surface area contributed by atoms with Crippen molar-refractivity contribution in [2.45, 2.75) is 38.3 Å². The molecule has 3 heteroatoms. The summed E-state index contributed by atoms with van der Waals surface area (Å²) < 4.78 is 5.77. The SMILES string of the molecule is CCC1CN(C2CCOc3ccccc32)CCC1N. The molecule has 104 valence electrons. The van der Waals surface area contributed by atoms with E-state index >= 15 is 0 Å². The van der Waals surface area contributed by atoms with Gasteiger partial charge in [0, 0.05) is 37.2 Å². The summed E-state index contributed by atoms with van der Waals surface area (Å²) in [5.41, 5.74) is 7.58. The van der Waals surface area contributed by atoms with Gasteiger partial charge >= 0.3 is 0 Å². The third kappa shape index (κ3) is 2.49. The molecule has 3 unspecified atom stereocenters. The quantitative estimate of drug-likeness (QED) is 0.888. The molecule has 1 aromatic rings. The Morgan fingerprint density at radius 2 is 2.16 bits per heavy atom. The van der Waals surface area contributed by atoms with Crippen molar-refractivity contribution in [2.24, 2.45) is 11.7 Å². The van der Waals surface area contributed by atoms with Crippen LogP contribution in [0.4, 0.5) is 0 Å². The van der Waals surface area contributed by atoms with Crippen LogP contribution in [0.2, 0.25) is 0 Å². The molecular formula is C16H24N2O. The first-order valence-corrected chi connectivity index (χ1v) is 7.51. The highest BCUT2D eigenvalue weighted by Crippen LogP contribution is 2.37. The monoisotopic (exact) mass is 260 g/mol. The largest absolute Gasteiger partial charge is 0.493 e. The lowest BCUT2D eigenvalue weighted by molar-refractivity contribution is 0.0801. The Bertz CT molecular complexity index is 435. The molecule has 2 aliphatic rings. The van der Waals surface area contributed by atoms with Crippen LogP contribution in [-0.4, -0.2) is 30.6 Å². The van der Waals surface area contributed by atoms with E-state index in [4.69, 9.17) is 10.5 Å². The fourth-order valence-corrected chi connectivity index (χ4v) is 3.50. The Labute approximate surface area is 115 Å². The summed E-state index contributed by atoms with van der Waals surface area (Å²) in [5, 5.41) is 0. The zero-order valence-electron chi connectivity index (χ0n) is 11.7. The minimum atomic E-state index is 0.385. The van der Waals surface area contributed by atoms with E-state index in [2.05, 4.69) is 36.1 Å². The predicted octanol–water partition coefficient (Wildman–Crippen LogP) is 2.57. The minimum absolute atomic E-state index is 0.385. The molecule has 0 bridgehead atoms. The predicted molar refractivity (Wildman–Crippen MR) is 77.2 cm³/mol. The highest BCUT2D eigenvalue weighted by molar-refractivity contribution is 5.37. The van der Waals surface area contributed by atoms with Crippen LogP contribution in [-0.2, 0) is 0 Å². The molecule has 3 atom stereocenters. The normalized spacial score (nSPS) is 31.6. The maximum atomic E-state index is 6.22. The number of para-hydroxylation sites is 1. The first-order chi connectivity index (χ1) is 9.29. The van der Waals surface area contributed by atoms with Crippen LogP contribution in [0, 0.1) is 5.92 Å². The Balaban J connectivity index is 1.80. The summed E-state index contributed by atoms with van der Waals surface area (Å²) in [6.07, 6.45) is 3.41. The Morgan fingerprint density at radius 1 is 1.32 bits per heavy atom. The number of benzene rings is 1. The minimum Gasteiger partial charge on any atom is -0.493 e. The van der Waals surface area contributed by atoms with E-state index in [1.165, 1.54) is 12.0 Å². The van der Waals surface area contributed by atoms with Gasteiger partial charge in [-0.3, -0.25) is 4.90 Å². The van der Waals surface area contributed by atoms with E-state index in [1.54, 1.807) is 0 Å². The van der Waals surface area contributed by atoms with Crippen molar-refractivity contribution in [3.8, 4) is 5.75 Å². The highest BCUT2D eigenvalue weighted by atomic mass is 16.5. The molecule has 0 radical (unpaired) electrons. The highest BCUT2D eigenvalue weighted by Gasteiger charge is 2.32. The molecule has 0 amide bonds. The lowest BCUT2D eigenvalue weighted by Gasteiger charge is -2.42. The van der Waals surface area contributed by atoms with Crippen LogP contribution < -0.4 is 10.5 Å². The van der Waals surface area contributed by atoms with E-state index in [0.717, 1.165) is 38.3 Å². The summed E-state index contributed by atoms with van der Waals surface area (Å²) in [6.45, 7) is 5.35. The number of nitrogens with zero attached hydrogens (tertiary/aromatic N) is 1. The van der Waals surface area contributed by atoms with E-state index in [-0.39, 0.29) is 0 Å². The summed E-state index contributed by atoms with van der Waals surface area (Å²) in [6, 6.07) is 9.39. The topological polar surface area (TPSA) is 38.5 Å². The molecule has 0 aliphatic carbocycles. The molecular weight excluding hydrogens is 236 g/mol. The molecule has 1 saturated heterocycles. The standard InChI is InChI=1S/C16H24N2O/c1-2-12-11-18(9-7-14(12)17)15-8-10-19-16-6-4-3-5-13(15)16/h3-6,12,14-15H,2,7-11,17H2,1H3. The maximum Gasteiger partial charge on any atom is 0.124 e. The number of nitrogens with two attached hydrogens (primary N) is 1. The molecule has 0 aromatic heterocycles. The van der Waals surface area contributed by atoms with Crippen molar-refractivity contribution < 1.29 is 4.74 Å². The molecule has 0 saturated carbocycles. The van der Waals surface area contributed by atoms with Gasteiger partial charge in [-0.05, 0) is 18.4 Å². The van der Waals surface area contributed by atoms with E-state index < -0.39 is 0 Å². The maximum absolute atomic E-state index is 6.22. The van der Waals surface area contributed by atoms with E-state index in [0.29, 0.717) is 18.0 Å². The number of rotatable bonds is 2. The molecule has 1 aromatic carbocycles. The molecule has 3 nitrogen and oxygen atoms in total. The van der Waals surface area contributed by atoms with Crippen LogP contribution in [0.1, 0.15) is 37.8 Å². The van der Waals surface area contributed by atoms with Crippen molar-refractivity contribution in [3.63, 3.8) is 0 Å². The van der Waals surface area contributed by atoms with Gasteiger partial charge in [-0.1, -0.05) is 31.5 Å². The van der Waals surface area contributed by atoms with Gasteiger partial charge in [0.25, 0.3) is 0 Å². The summed E-state index contributed by atoms with van der Waals surface area (Å²) in [4.78, 5) is 2.62. The van der Waals surface area contributed by atoms with Crippen molar-refractivity contribution in [2.75, 3.05) is 19.7 Å². The molecule has 2 aliphatic heterocycles. The number of hydrogen-bond acceptors (Lipinski definition) is 3. The van der Waals surface area contributed by atoms with Gasteiger partial charge in [0.05, 0.1) is 6.61 Å². The summed E-state index contributed by atoms with van der Waals surface area (Å²) in [7, 11) is 0. The molecule has 19 heavy (non-hydrogen) atoms. The van der Waals surface area contributed by atoms with Crippen LogP contribution in [0.25, 0.3) is 0 Å². The van der Waals surface area contributed by atoms with Gasteiger partial charge < -0.3 is 10.5 Å². The van der Waals surface area contributed by atoms with Gasteiger partial charge in [-0.2, -0.15) is 0 Å². The summed E-state index contributed by atoms with van der Waals surface area (Å²) >= 11 is 0. The van der Waals surface area contributed by atoms with Crippen molar-refractivity contribution >= 4 is 0 Å². The van der Waals surface area contributed by atoms with Gasteiger partial charge in [0.15, 0.2) is 0 Å². The zero-order chi connectivity index (χ0) is 13.2. The van der Waals surface area contributed by atoms with Crippen molar-refractivity contribution in [3.05, 3.63) is 29.8 Å². The Kier molecular flexibility index (Phi) is 3.76. The summed E-state index contributed by atoms with van der Waals surface area (Å²) in [5.74, 6) is 1.71. The van der Waals surface area contributed by atoms with Gasteiger partial charge in [0.2, 0.25) is 0 Å². The van der Waals surface area contributed by atoms with Gasteiger partial charge in [0.1, 0.15) is 5.75 Å². The van der Waals surface area contributed by atoms with Gasteiger partial charge in [-0.25, -0.2) is 0 Å². The van der Waals surface area contributed by atoms with Crippen molar-refractivity contribution in [1.29, 1.82) is 0 Å². The Morgan fingerprint density at radius 3 is 3.00 bits per heavy atom. The van der Waals surface area contributed by atoms with Crippen LogP contribution in [0.15, 0.2) is 24.3 Å². The third-order valence-electron chi connectivity index (χ3n) is 4.72. The van der Waals surface area contributed by atoms with Crippen LogP contribution >= 0.6 is 0 Å². The fourth-order valence-electron chi connectivity index (χ4n) is 3.50. The second-order valence-electron chi connectivity index (χ2n) is 5.81. The first kappa shape index (κ1) is 12.9. The molecule has 2 heterocycles. The second-order valence-corrected chi connectivity index (χ2v) is 5.81. The zero-order valence-corrected chi connectivity index (χ0v) is 11.7.